The summed E-state index contributed by atoms with van der Waals surface area (Å²) in [5, 5.41) is 9.14. The number of hydrogen-bond donors (Lipinski definition) is 2. The minimum absolute atomic E-state index is 0.217. The smallest absolute Gasteiger partial charge is 0.416 e. The van der Waals surface area contributed by atoms with Crippen molar-refractivity contribution in [1.29, 1.82) is 0 Å². The predicted molar refractivity (Wildman–Crippen MR) is 54.6 cm³/mol. The van der Waals surface area contributed by atoms with Crippen LogP contribution in [0.15, 0.2) is 24.4 Å². The molecule has 0 spiro atoms. The first-order valence-corrected chi connectivity index (χ1v) is 4.77. The van der Waals surface area contributed by atoms with Crippen molar-refractivity contribution < 1.29 is 23.1 Å². The first-order chi connectivity index (χ1) is 7.88. The van der Waals surface area contributed by atoms with Crippen molar-refractivity contribution >= 4 is 16.9 Å². The number of H-pyrrole nitrogens is 1. The number of aliphatic carboxylic acids is 1. The molecule has 0 bridgehead atoms. The Hall–Kier alpha value is -1.98. The summed E-state index contributed by atoms with van der Waals surface area (Å²) in [7, 11) is 0. The van der Waals surface area contributed by atoms with Gasteiger partial charge in [0.05, 0.1) is 12.0 Å². The van der Waals surface area contributed by atoms with Crippen molar-refractivity contribution in [2.75, 3.05) is 0 Å². The zero-order valence-corrected chi connectivity index (χ0v) is 8.51. The highest BCUT2D eigenvalue weighted by atomic mass is 19.4. The topological polar surface area (TPSA) is 53.1 Å². The van der Waals surface area contributed by atoms with Crippen LogP contribution in [0.2, 0.25) is 0 Å². The molecule has 90 valence electrons. The van der Waals surface area contributed by atoms with Gasteiger partial charge in [-0.1, -0.05) is 6.07 Å². The fourth-order valence-electron chi connectivity index (χ4n) is 1.67. The third-order valence-electron chi connectivity index (χ3n) is 2.44. The molecule has 0 atom stereocenters. The number of aromatic amines is 1. The monoisotopic (exact) mass is 243 g/mol. The summed E-state index contributed by atoms with van der Waals surface area (Å²) in [5.74, 6) is -1.02. The Morgan fingerprint density at radius 3 is 2.65 bits per heavy atom. The Morgan fingerprint density at radius 2 is 2.06 bits per heavy atom. The van der Waals surface area contributed by atoms with Gasteiger partial charge in [0.15, 0.2) is 0 Å². The molecule has 0 amide bonds. The third-order valence-corrected chi connectivity index (χ3v) is 2.44. The normalized spacial score (nSPS) is 11.9. The molecule has 0 saturated carbocycles. The molecule has 2 N–H and O–H groups in total. The van der Waals surface area contributed by atoms with E-state index in [9.17, 15) is 18.0 Å². The van der Waals surface area contributed by atoms with E-state index in [0.29, 0.717) is 10.9 Å². The second-order valence-electron chi connectivity index (χ2n) is 3.64. The van der Waals surface area contributed by atoms with E-state index < -0.39 is 17.7 Å². The molecule has 0 fully saturated rings. The van der Waals surface area contributed by atoms with Gasteiger partial charge < -0.3 is 10.1 Å². The zero-order valence-electron chi connectivity index (χ0n) is 8.51. The number of carboxylic acid groups (broad SMARTS) is 1. The van der Waals surface area contributed by atoms with Gasteiger partial charge in [-0.2, -0.15) is 13.2 Å². The molecule has 1 aromatic heterocycles. The molecule has 0 aliphatic heterocycles. The number of rotatable bonds is 2. The molecule has 0 saturated heterocycles. The lowest BCUT2D eigenvalue weighted by Crippen LogP contribution is -2.04. The van der Waals surface area contributed by atoms with Gasteiger partial charge in [-0.3, -0.25) is 4.79 Å². The highest BCUT2D eigenvalue weighted by Gasteiger charge is 2.30. The van der Waals surface area contributed by atoms with E-state index in [4.69, 9.17) is 5.11 Å². The van der Waals surface area contributed by atoms with E-state index in [1.54, 1.807) is 0 Å². The molecular weight excluding hydrogens is 235 g/mol. The summed E-state index contributed by atoms with van der Waals surface area (Å²) in [6, 6.07) is 3.20. The van der Waals surface area contributed by atoms with Crippen LogP contribution in [-0.4, -0.2) is 16.1 Å². The Labute approximate surface area is 93.9 Å². The Kier molecular flexibility index (Phi) is 2.57. The molecule has 0 aliphatic rings. The van der Waals surface area contributed by atoms with Gasteiger partial charge in [0.2, 0.25) is 0 Å². The summed E-state index contributed by atoms with van der Waals surface area (Å²) in [6.07, 6.45) is -3.20. The summed E-state index contributed by atoms with van der Waals surface area (Å²) in [5.41, 5.74) is 0.00558. The Morgan fingerprint density at radius 1 is 1.35 bits per heavy atom. The largest absolute Gasteiger partial charge is 0.481 e. The highest BCUT2D eigenvalue weighted by Crippen LogP contribution is 2.31. The minimum atomic E-state index is -4.40. The van der Waals surface area contributed by atoms with Crippen LogP contribution in [0.4, 0.5) is 13.2 Å². The van der Waals surface area contributed by atoms with Gasteiger partial charge >= 0.3 is 12.1 Å². The van der Waals surface area contributed by atoms with Crippen LogP contribution < -0.4 is 0 Å². The molecule has 2 rings (SSSR count). The standard InChI is InChI=1S/C11H8F3NO2/c12-11(13,14)7-1-2-8-6(3-10(16)17)5-15-9(8)4-7/h1-2,4-5,15H,3H2,(H,16,17). The first kappa shape index (κ1) is 11.5. The molecule has 1 heterocycles. The SMILES string of the molecule is O=C(O)Cc1c[nH]c2cc(C(F)(F)F)ccc12. The predicted octanol–water partition coefficient (Wildman–Crippen LogP) is 2.81. The second-order valence-corrected chi connectivity index (χ2v) is 3.64. The number of halogens is 3. The number of carboxylic acids is 1. The lowest BCUT2D eigenvalue weighted by atomic mass is 10.1. The molecular formula is C11H8F3NO2. The summed E-state index contributed by atoms with van der Waals surface area (Å²) < 4.78 is 37.3. The van der Waals surface area contributed by atoms with Gasteiger partial charge in [0.25, 0.3) is 0 Å². The van der Waals surface area contributed by atoms with Crippen molar-refractivity contribution in [1.82, 2.24) is 4.98 Å². The number of carbonyl (C=O) groups is 1. The Bertz CT molecular complexity index is 572. The fraction of sp³-hybridized carbons (Fsp3) is 0.182. The van der Waals surface area contributed by atoms with E-state index in [-0.39, 0.29) is 11.9 Å². The molecule has 2 aromatic rings. The van der Waals surface area contributed by atoms with Crippen molar-refractivity contribution in [3.8, 4) is 0 Å². The van der Waals surface area contributed by atoms with E-state index in [1.165, 1.54) is 12.3 Å². The van der Waals surface area contributed by atoms with Gasteiger partial charge in [0, 0.05) is 17.1 Å². The summed E-state index contributed by atoms with van der Waals surface area (Å²) >= 11 is 0. The maximum absolute atomic E-state index is 12.4. The number of aromatic nitrogens is 1. The van der Waals surface area contributed by atoms with E-state index >= 15 is 0 Å². The maximum atomic E-state index is 12.4. The number of hydrogen-bond acceptors (Lipinski definition) is 1. The average molecular weight is 243 g/mol. The third kappa shape index (κ3) is 2.25. The molecule has 3 nitrogen and oxygen atoms in total. The second kappa shape index (κ2) is 3.80. The quantitative estimate of drug-likeness (QED) is 0.852. The van der Waals surface area contributed by atoms with Crippen molar-refractivity contribution in [3.63, 3.8) is 0 Å². The molecule has 1 aromatic carbocycles. The van der Waals surface area contributed by atoms with Crippen LogP contribution in [-0.2, 0) is 17.4 Å². The minimum Gasteiger partial charge on any atom is -0.481 e. The summed E-state index contributed by atoms with van der Waals surface area (Å²) in [6.45, 7) is 0. The molecule has 0 aliphatic carbocycles. The lowest BCUT2D eigenvalue weighted by Gasteiger charge is -2.06. The van der Waals surface area contributed by atoms with E-state index in [2.05, 4.69) is 4.98 Å². The first-order valence-electron chi connectivity index (χ1n) is 4.77. The van der Waals surface area contributed by atoms with Gasteiger partial charge in [0.1, 0.15) is 0 Å². The van der Waals surface area contributed by atoms with E-state index in [0.717, 1.165) is 12.1 Å². The molecule has 0 unspecified atom stereocenters. The van der Waals surface area contributed by atoms with E-state index in [1.807, 2.05) is 0 Å². The highest BCUT2D eigenvalue weighted by molar-refractivity contribution is 5.87. The maximum Gasteiger partial charge on any atom is 0.416 e. The number of alkyl halides is 3. The van der Waals surface area contributed by atoms with Crippen LogP contribution in [0.1, 0.15) is 11.1 Å². The summed E-state index contributed by atoms with van der Waals surface area (Å²) in [4.78, 5) is 13.2. The lowest BCUT2D eigenvalue weighted by molar-refractivity contribution is -0.138. The molecule has 0 radical (unpaired) electrons. The Balaban J connectivity index is 2.48. The van der Waals surface area contributed by atoms with Crippen molar-refractivity contribution in [2.45, 2.75) is 12.6 Å². The molecule has 6 heteroatoms. The van der Waals surface area contributed by atoms with Crippen molar-refractivity contribution in [3.05, 3.63) is 35.5 Å². The van der Waals surface area contributed by atoms with Gasteiger partial charge in [-0.05, 0) is 17.7 Å². The van der Waals surface area contributed by atoms with Crippen LogP contribution in [0.25, 0.3) is 10.9 Å². The van der Waals surface area contributed by atoms with Crippen LogP contribution in [0, 0.1) is 0 Å². The average Bonchev–Trinajstić information content (AvgIpc) is 2.59. The number of benzene rings is 1. The van der Waals surface area contributed by atoms with Gasteiger partial charge in [-0.25, -0.2) is 0 Å². The number of nitrogens with one attached hydrogen (secondary N) is 1. The fourth-order valence-corrected chi connectivity index (χ4v) is 1.67. The number of fused-ring (bicyclic) bond motifs is 1. The molecule has 17 heavy (non-hydrogen) atoms. The van der Waals surface area contributed by atoms with Crippen molar-refractivity contribution in [2.24, 2.45) is 0 Å². The van der Waals surface area contributed by atoms with Crippen LogP contribution in [0.3, 0.4) is 0 Å². The van der Waals surface area contributed by atoms with Crippen LogP contribution in [0.5, 0.6) is 0 Å². The van der Waals surface area contributed by atoms with Gasteiger partial charge in [-0.15, -0.1) is 0 Å². The van der Waals surface area contributed by atoms with Crippen LogP contribution >= 0.6 is 0 Å². The zero-order chi connectivity index (χ0) is 12.6.